The predicted octanol–water partition coefficient (Wildman–Crippen LogP) is 0.449. The molecule has 0 aliphatic carbocycles. The molecule has 3 amide bonds. The zero-order chi connectivity index (χ0) is 18.3. The quantitative estimate of drug-likeness (QED) is 0.634. The van der Waals surface area contributed by atoms with Gasteiger partial charge in [0.1, 0.15) is 0 Å². The summed E-state index contributed by atoms with van der Waals surface area (Å²) < 4.78 is 29.8. The van der Waals surface area contributed by atoms with E-state index in [2.05, 4.69) is 10.0 Å². The summed E-state index contributed by atoms with van der Waals surface area (Å²) in [5.41, 5.74) is -0.0260. The van der Waals surface area contributed by atoms with Crippen LogP contribution in [0.25, 0.3) is 0 Å². The molecule has 1 aromatic rings. The Morgan fingerprint density at radius 3 is 2.42 bits per heavy atom. The highest BCUT2D eigenvalue weighted by molar-refractivity contribution is 7.92. The molecule has 10 heteroatoms. The second kappa shape index (κ2) is 8.29. The van der Waals surface area contributed by atoms with Crippen LogP contribution in [0.2, 0.25) is 0 Å². The van der Waals surface area contributed by atoms with E-state index in [4.69, 9.17) is 4.74 Å². The minimum absolute atomic E-state index is 0.0290. The van der Waals surface area contributed by atoms with Crippen molar-refractivity contribution in [3.63, 3.8) is 0 Å². The maximum absolute atomic E-state index is 12.1. The number of hydrogen-bond acceptors (Lipinski definition) is 6. The Labute approximate surface area is 139 Å². The molecule has 0 bridgehead atoms. The molecule has 1 rings (SSSR count). The molecule has 0 heterocycles. The number of rotatable bonds is 6. The zero-order valence-electron chi connectivity index (χ0n) is 13.5. The van der Waals surface area contributed by atoms with E-state index in [1.54, 1.807) is 6.92 Å². The summed E-state index contributed by atoms with van der Waals surface area (Å²) >= 11 is 0. The summed E-state index contributed by atoms with van der Waals surface area (Å²) in [6.07, 6.45) is -0.302. The number of benzene rings is 1. The Kier molecular flexibility index (Phi) is 6.71. The Morgan fingerprint density at radius 1 is 1.21 bits per heavy atom. The van der Waals surface area contributed by atoms with Crippen LogP contribution >= 0.6 is 0 Å². The first kappa shape index (κ1) is 19.4. The molecule has 0 aliphatic rings. The number of imide groups is 1. The van der Waals surface area contributed by atoms with Crippen molar-refractivity contribution in [2.75, 3.05) is 17.5 Å². The topological polar surface area (TPSA) is 131 Å². The van der Waals surface area contributed by atoms with Crippen molar-refractivity contribution in [1.29, 1.82) is 0 Å². The predicted molar refractivity (Wildman–Crippen MR) is 87.0 cm³/mol. The van der Waals surface area contributed by atoms with Crippen molar-refractivity contribution in [3.8, 4) is 0 Å². The van der Waals surface area contributed by atoms with Crippen LogP contribution < -0.4 is 15.4 Å². The first-order valence-electron chi connectivity index (χ1n) is 7.00. The van der Waals surface area contributed by atoms with Crippen LogP contribution in [0, 0.1) is 0 Å². The van der Waals surface area contributed by atoms with Crippen LogP contribution in [-0.4, -0.2) is 45.2 Å². The van der Waals surface area contributed by atoms with Gasteiger partial charge in [0.25, 0.3) is 5.91 Å². The summed E-state index contributed by atoms with van der Waals surface area (Å²) in [7, 11) is -3.59. The van der Waals surface area contributed by atoms with E-state index < -0.39 is 34.0 Å². The maximum atomic E-state index is 12.1. The van der Waals surface area contributed by atoms with Gasteiger partial charge in [0.05, 0.1) is 17.5 Å². The Bertz CT molecular complexity index is 732. The molecule has 0 radical (unpaired) electrons. The van der Waals surface area contributed by atoms with E-state index in [0.717, 1.165) is 6.26 Å². The number of nitrogens with one attached hydrogen (secondary N) is 3. The van der Waals surface area contributed by atoms with Crippen LogP contribution in [0.1, 0.15) is 24.2 Å². The number of anilines is 1. The van der Waals surface area contributed by atoms with Gasteiger partial charge in [-0.25, -0.2) is 18.0 Å². The second-order valence-electron chi connectivity index (χ2n) is 4.82. The lowest BCUT2D eigenvalue weighted by molar-refractivity contribution is -0.127. The summed E-state index contributed by atoms with van der Waals surface area (Å²) in [6, 6.07) is 5.09. The number of carbonyl (C=O) groups is 3. The van der Waals surface area contributed by atoms with Crippen LogP contribution in [0.5, 0.6) is 0 Å². The molecular formula is C14H19N3O6S. The first-order chi connectivity index (χ1) is 11.1. The Balaban J connectivity index is 2.81. The van der Waals surface area contributed by atoms with Crippen LogP contribution in [-0.2, 0) is 19.6 Å². The highest BCUT2D eigenvalue weighted by Crippen LogP contribution is 2.18. The number of amides is 3. The van der Waals surface area contributed by atoms with E-state index in [9.17, 15) is 22.8 Å². The molecule has 3 N–H and O–H groups in total. The molecule has 0 saturated carbocycles. The van der Waals surface area contributed by atoms with E-state index in [-0.39, 0.29) is 11.3 Å². The van der Waals surface area contributed by atoms with Gasteiger partial charge in [-0.1, -0.05) is 12.1 Å². The van der Waals surface area contributed by atoms with Crippen molar-refractivity contribution in [2.24, 2.45) is 0 Å². The first-order valence-corrected chi connectivity index (χ1v) is 8.89. The molecular weight excluding hydrogens is 338 g/mol. The summed E-state index contributed by atoms with van der Waals surface area (Å²) in [6.45, 7) is 3.30. The van der Waals surface area contributed by atoms with Gasteiger partial charge in [-0.05, 0) is 26.0 Å². The number of urea groups is 1. The molecule has 0 aromatic heterocycles. The fourth-order valence-electron chi connectivity index (χ4n) is 1.65. The lowest BCUT2D eigenvalue weighted by Crippen LogP contribution is -2.44. The van der Waals surface area contributed by atoms with E-state index in [1.807, 2.05) is 5.32 Å². The SMILES string of the molecule is CCNC(=O)NC(=O)C(C)OC(=O)c1ccccc1NS(C)(=O)=O. The fraction of sp³-hybridized carbons (Fsp3) is 0.357. The summed E-state index contributed by atoms with van der Waals surface area (Å²) in [4.78, 5) is 35.2. The normalized spacial score (nSPS) is 12.0. The number of ether oxygens (including phenoxy) is 1. The van der Waals surface area contributed by atoms with Crippen molar-refractivity contribution < 1.29 is 27.5 Å². The van der Waals surface area contributed by atoms with Gasteiger partial charge in [-0.15, -0.1) is 0 Å². The van der Waals surface area contributed by atoms with Gasteiger partial charge in [0.2, 0.25) is 10.0 Å². The minimum atomic E-state index is -3.59. The van der Waals surface area contributed by atoms with Gasteiger partial charge < -0.3 is 10.1 Å². The average Bonchev–Trinajstić information content (AvgIpc) is 2.46. The number of para-hydroxylation sites is 1. The number of hydrogen-bond donors (Lipinski definition) is 3. The largest absolute Gasteiger partial charge is 0.449 e. The molecule has 24 heavy (non-hydrogen) atoms. The molecule has 1 aromatic carbocycles. The highest BCUT2D eigenvalue weighted by atomic mass is 32.2. The Hall–Kier alpha value is -2.62. The molecule has 132 valence electrons. The fourth-order valence-corrected chi connectivity index (χ4v) is 2.22. The van der Waals surface area contributed by atoms with E-state index in [1.165, 1.54) is 31.2 Å². The van der Waals surface area contributed by atoms with Gasteiger partial charge in [0.15, 0.2) is 6.10 Å². The minimum Gasteiger partial charge on any atom is -0.449 e. The summed E-state index contributed by atoms with van der Waals surface area (Å²) in [5, 5.41) is 4.38. The highest BCUT2D eigenvalue weighted by Gasteiger charge is 2.22. The van der Waals surface area contributed by atoms with E-state index >= 15 is 0 Å². The third kappa shape index (κ3) is 6.24. The van der Waals surface area contributed by atoms with Gasteiger partial charge in [-0.3, -0.25) is 14.8 Å². The van der Waals surface area contributed by atoms with Crippen molar-refractivity contribution >= 4 is 33.6 Å². The number of carbonyl (C=O) groups excluding carboxylic acids is 3. The summed E-state index contributed by atoms with van der Waals surface area (Å²) in [5.74, 6) is -1.71. The molecule has 0 aliphatic heterocycles. The number of esters is 1. The third-order valence-corrected chi connectivity index (χ3v) is 3.26. The molecule has 0 saturated heterocycles. The molecule has 1 atom stereocenters. The standard InChI is InChI=1S/C14H19N3O6S/c1-4-15-14(20)16-12(18)9(2)23-13(19)10-7-5-6-8-11(10)17-24(3,21)22/h5-9,17H,4H2,1-3H3,(H2,15,16,18,20). The van der Waals surface area contributed by atoms with Crippen molar-refractivity contribution in [2.45, 2.75) is 20.0 Å². The third-order valence-electron chi connectivity index (χ3n) is 2.67. The number of sulfonamides is 1. The second-order valence-corrected chi connectivity index (χ2v) is 6.56. The van der Waals surface area contributed by atoms with Crippen LogP contribution in [0.4, 0.5) is 10.5 Å². The smallest absolute Gasteiger partial charge is 0.341 e. The zero-order valence-corrected chi connectivity index (χ0v) is 14.3. The Morgan fingerprint density at radius 2 is 1.83 bits per heavy atom. The lowest BCUT2D eigenvalue weighted by atomic mass is 10.2. The van der Waals surface area contributed by atoms with Gasteiger partial charge in [-0.2, -0.15) is 0 Å². The maximum Gasteiger partial charge on any atom is 0.341 e. The monoisotopic (exact) mass is 357 g/mol. The van der Waals surface area contributed by atoms with Gasteiger partial charge >= 0.3 is 12.0 Å². The van der Waals surface area contributed by atoms with Gasteiger partial charge in [0, 0.05) is 6.54 Å². The molecule has 9 nitrogen and oxygen atoms in total. The molecule has 1 unspecified atom stereocenters. The van der Waals surface area contributed by atoms with Crippen LogP contribution in [0.3, 0.4) is 0 Å². The van der Waals surface area contributed by atoms with Crippen molar-refractivity contribution in [1.82, 2.24) is 10.6 Å². The molecule has 0 spiro atoms. The molecule has 0 fully saturated rings. The van der Waals surface area contributed by atoms with Crippen LogP contribution in [0.15, 0.2) is 24.3 Å². The average molecular weight is 357 g/mol. The lowest BCUT2D eigenvalue weighted by Gasteiger charge is -2.15. The van der Waals surface area contributed by atoms with Crippen molar-refractivity contribution in [3.05, 3.63) is 29.8 Å². The van der Waals surface area contributed by atoms with E-state index in [0.29, 0.717) is 6.54 Å².